The largest absolute Gasteiger partial charge is 0.247 e. The molecule has 0 aliphatic rings. The second-order valence-corrected chi connectivity index (χ2v) is 10.6. The maximum Gasteiger partial charge on any atom is 0.0998 e. The fourth-order valence-corrected chi connectivity index (χ4v) is 6.36. The normalized spacial score (nSPS) is 11.3. The van der Waals surface area contributed by atoms with Gasteiger partial charge in [-0.05, 0) is 67.4 Å². The predicted octanol–water partition coefficient (Wildman–Crippen LogP) is 10.6. The monoisotopic (exact) mass is 532 g/mol. The van der Waals surface area contributed by atoms with Crippen LogP contribution in [0.5, 0.6) is 0 Å². The van der Waals surface area contributed by atoms with Crippen molar-refractivity contribution in [2.45, 2.75) is 0 Å². The molecule has 42 heavy (non-hydrogen) atoms. The molecule has 8 aromatic rings. The van der Waals surface area contributed by atoms with Crippen molar-refractivity contribution in [2.24, 2.45) is 0 Å². The van der Waals surface area contributed by atoms with E-state index in [4.69, 9.17) is 4.98 Å². The van der Waals surface area contributed by atoms with Crippen molar-refractivity contribution in [3.63, 3.8) is 0 Å². The van der Waals surface area contributed by atoms with Crippen LogP contribution in [0.3, 0.4) is 0 Å². The highest BCUT2D eigenvalue weighted by molar-refractivity contribution is 6.19. The third-order valence-electron chi connectivity index (χ3n) is 8.30. The number of benzene rings is 7. The first-order chi connectivity index (χ1) is 20.8. The minimum absolute atomic E-state index is 0.616. The summed E-state index contributed by atoms with van der Waals surface area (Å²) in [5.74, 6) is 0. The van der Waals surface area contributed by atoms with Gasteiger partial charge < -0.3 is 0 Å². The van der Waals surface area contributed by atoms with Crippen LogP contribution in [0, 0.1) is 11.3 Å². The molecule has 0 spiro atoms. The molecule has 2 heteroatoms. The van der Waals surface area contributed by atoms with Gasteiger partial charge in [-0.1, -0.05) is 127 Å². The Morgan fingerprint density at radius 3 is 1.57 bits per heavy atom. The van der Waals surface area contributed by atoms with Gasteiger partial charge in [0.2, 0.25) is 0 Å². The van der Waals surface area contributed by atoms with E-state index in [1.807, 2.05) is 24.3 Å². The lowest BCUT2D eigenvalue weighted by Crippen LogP contribution is -1.95. The Bertz CT molecular complexity index is 2370. The quantitative estimate of drug-likeness (QED) is 0.212. The van der Waals surface area contributed by atoms with Gasteiger partial charge in [0.05, 0.1) is 22.8 Å². The number of nitrogens with zero attached hydrogens (tertiary/aromatic N) is 2. The van der Waals surface area contributed by atoms with Gasteiger partial charge in [-0.3, -0.25) is 0 Å². The number of rotatable bonds is 3. The maximum atomic E-state index is 9.96. The van der Waals surface area contributed by atoms with Gasteiger partial charge in [0.1, 0.15) is 0 Å². The Labute approximate surface area is 243 Å². The van der Waals surface area contributed by atoms with Crippen LogP contribution in [0.4, 0.5) is 0 Å². The fourth-order valence-electron chi connectivity index (χ4n) is 6.36. The lowest BCUT2D eigenvalue weighted by Gasteiger charge is -2.17. The fraction of sp³-hybridized carbons (Fsp3) is 0. The van der Waals surface area contributed by atoms with E-state index in [1.54, 1.807) is 0 Å². The van der Waals surface area contributed by atoms with E-state index in [-0.39, 0.29) is 0 Å². The number of nitriles is 1. The minimum Gasteiger partial charge on any atom is -0.247 e. The van der Waals surface area contributed by atoms with E-state index in [1.165, 1.54) is 32.7 Å². The van der Waals surface area contributed by atoms with Gasteiger partial charge in [-0.15, -0.1) is 0 Å². The van der Waals surface area contributed by atoms with Crippen molar-refractivity contribution in [1.29, 1.82) is 5.26 Å². The van der Waals surface area contributed by atoms with Gasteiger partial charge in [0.15, 0.2) is 0 Å². The zero-order valence-electron chi connectivity index (χ0n) is 22.8. The molecule has 0 N–H and O–H groups in total. The van der Waals surface area contributed by atoms with Gasteiger partial charge in [0.25, 0.3) is 0 Å². The highest BCUT2D eigenvalue weighted by Crippen LogP contribution is 2.43. The molecule has 0 saturated carbocycles. The Kier molecular flexibility index (Phi) is 5.55. The van der Waals surface area contributed by atoms with E-state index in [9.17, 15) is 5.26 Å². The van der Waals surface area contributed by atoms with Crippen LogP contribution in [-0.2, 0) is 0 Å². The smallest absolute Gasteiger partial charge is 0.0998 e. The summed E-state index contributed by atoms with van der Waals surface area (Å²) < 4.78 is 0. The number of hydrogen-bond donors (Lipinski definition) is 0. The number of hydrogen-bond acceptors (Lipinski definition) is 2. The Hall–Kier alpha value is -5.78. The van der Waals surface area contributed by atoms with Crippen LogP contribution < -0.4 is 0 Å². The molecule has 0 amide bonds. The molecule has 0 aliphatic heterocycles. The highest BCUT2D eigenvalue weighted by Gasteiger charge is 2.18. The molecule has 0 aliphatic carbocycles. The minimum atomic E-state index is 0.616. The highest BCUT2D eigenvalue weighted by atomic mass is 14.7. The summed E-state index contributed by atoms with van der Waals surface area (Å²) in [7, 11) is 0. The summed E-state index contributed by atoms with van der Waals surface area (Å²) >= 11 is 0. The standard InChI is InChI=1S/C40H24N2/c41-25-28-13-3-6-18-31(28)39-24-37(33-22-10-15-27-12-2-5-17-30(27)33)38-23-36(34-19-7-8-20-35(34)40(38)42-39)32-21-9-14-26-11-1-4-16-29(26)32/h1-24H. The summed E-state index contributed by atoms with van der Waals surface area (Å²) in [6.07, 6.45) is 0. The van der Waals surface area contributed by atoms with Gasteiger partial charge >= 0.3 is 0 Å². The van der Waals surface area contributed by atoms with Crippen molar-refractivity contribution in [1.82, 2.24) is 4.98 Å². The zero-order valence-corrected chi connectivity index (χ0v) is 22.8. The molecule has 0 atom stereocenters. The van der Waals surface area contributed by atoms with E-state index < -0.39 is 0 Å². The van der Waals surface area contributed by atoms with E-state index >= 15 is 0 Å². The molecule has 0 fully saturated rings. The molecular formula is C40H24N2. The molecule has 194 valence electrons. The predicted molar refractivity (Wildman–Crippen MR) is 175 cm³/mol. The van der Waals surface area contributed by atoms with E-state index in [0.717, 1.165) is 44.1 Å². The van der Waals surface area contributed by atoms with Crippen LogP contribution in [0.15, 0.2) is 146 Å². The summed E-state index contributed by atoms with van der Waals surface area (Å²) in [6.45, 7) is 0. The van der Waals surface area contributed by atoms with Crippen LogP contribution in [0.1, 0.15) is 5.56 Å². The van der Waals surface area contributed by atoms with E-state index in [2.05, 4.69) is 127 Å². The van der Waals surface area contributed by atoms with Crippen molar-refractivity contribution >= 4 is 43.2 Å². The van der Waals surface area contributed by atoms with Crippen LogP contribution >= 0.6 is 0 Å². The first kappa shape index (κ1) is 24.1. The molecule has 0 unspecified atom stereocenters. The number of fused-ring (bicyclic) bond motifs is 5. The Balaban J connectivity index is 1.56. The third-order valence-corrected chi connectivity index (χ3v) is 8.30. The Morgan fingerprint density at radius 2 is 0.905 bits per heavy atom. The first-order valence-electron chi connectivity index (χ1n) is 14.1. The van der Waals surface area contributed by atoms with Crippen molar-refractivity contribution < 1.29 is 0 Å². The zero-order chi connectivity index (χ0) is 28.0. The third kappa shape index (κ3) is 3.76. The second kappa shape index (κ2) is 9.70. The lowest BCUT2D eigenvalue weighted by atomic mass is 9.88. The van der Waals surface area contributed by atoms with Gasteiger partial charge in [0, 0.05) is 16.3 Å². The summed E-state index contributed by atoms with van der Waals surface area (Å²) in [5.41, 5.74) is 7.82. The lowest BCUT2D eigenvalue weighted by molar-refractivity contribution is 1.39. The van der Waals surface area contributed by atoms with E-state index in [0.29, 0.717) is 5.56 Å². The SMILES string of the molecule is N#Cc1ccccc1-c1cc(-c2cccc3ccccc23)c2cc(-c3cccc4ccccc34)c3ccccc3c2n1. The molecule has 0 saturated heterocycles. The summed E-state index contributed by atoms with van der Waals surface area (Å²) in [4.78, 5) is 5.29. The average molecular weight is 533 g/mol. The van der Waals surface area contributed by atoms with Crippen LogP contribution in [-0.4, -0.2) is 4.98 Å². The summed E-state index contributed by atoms with van der Waals surface area (Å²) in [5, 5.41) is 18.1. The Morgan fingerprint density at radius 1 is 0.405 bits per heavy atom. The van der Waals surface area contributed by atoms with Crippen molar-refractivity contribution in [2.75, 3.05) is 0 Å². The molecule has 0 bridgehead atoms. The van der Waals surface area contributed by atoms with Crippen molar-refractivity contribution in [3.8, 4) is 39.6 Å². The molecule has 8 rings (SSSR count). The molecule has 1 heterocycles. The van der Waals surface area contributed by atoms with Gasteiger partial charge in [-0.2, -0.15) is 5.26 Å². The maximum absolute atomic E-state index is 9.96. The summed E-state index contributed by atoms with van der Waals surface area (Å²) in [6, 6.07) is 53.3. The van der Waals surface area contributed by atoms with Crippen LogP contribution in [0.2, 0.25) is 0 Å². The van der Waals surface area contributed by atoms with Crippen molar-refractivity contribution in [3.05, 3.63) is 151 Å². The average Bonchev–Trinajstić information content (AvgIpc) is 3.07. The molecular weight excluding hydrogens is 508 g/mol. The molecule has 2 nitrogen and oxygen atoms in total. The second-order valence-electron chi connectivity index (χ2n) is 10.6. The number of pyridine rings is 1. The molecule has 0 radical (unpaired) electrons. The molecule has 7 aromatic carbocycles. The first-order valence-corrected chi connectivity index (χ1v) is 14.1. The molecule has 1 aromatic heterocycles. The number of aromatic nitrogens is 1. The topological polar surface area (TPSA) is 36.7 Å². The van der Waals surface area contributed by atoms with Gasteiger partial charge in [-0.25, -0.2) is 4.98 Å². The van der Waals surface area contributed by atoms with Crippen LogP contribution in [0.25, 0.3) is 76.7 Å².